The van der Waals surface area contributed by atoms with E-state index in [1.54, 1.807) is 11.8 Å². The van der Waals surface area contributed by atoms with Crippen LogP contribution in [0.1, 0.15) is 19.4 Å². The van der Waals surface area contributed by atoms with E-state index in [2.05, 4.69) is 25.2 Å². The van der Waals surface area contributed by atoms with E-state index in [9.17, 15) is 0 Å². The minimum Gasteiger partial charge on any atom is -0.396 e. The summed E-state index contributed by atoms with van der Waals surface area (Å²) < 4.78 is 0. The van der Waals surface area contributed by atoms with Gasteiger partial charge in [-0.3, -0.25) is 0 Å². The molecule has 0 aromatic heterocycles. The highest BCUT2D eigenvalue weighted by Crippen LogP contribution is 2.27. The summed E-state index contributed by atoms with van der Waals surface area (Å²) in [7, 11) is 0. The highest BCUT2D eigenvalue weighted by Gasteiger charge is 2.03. The fraction of sp³-hybridized carbons (Fsp3) is 0.500. The van der Waals surface area contributed by atoms with E-state index >= 15 is 0 Å². The first-order chi connectivity index (χ1) is 7.63. The molecule has 2 nitrogen and oxygen atoms in total. The molecule has 0 fully saturated rings. The molecule has 90 valence electrons. The summed E-state index contributed by atoms with van der Waals surface area (Å²) in [4.78, 5) is 1.03. The first kappa shape index (κ1) is 13.8. The lowest BCUT2D eigenvalue weighted by Crippen LogP contribution is -2.21. The molecule has 1 aromatic rings. The highest BCUT2D eigenvalue weighted by molar-refractivity contribution is 7.99. The molecule has 4 heteroatoms. The zero-order valence-corrected chi connectivity index (χ0v) is 11.2. The van der Waals surface area contributed by atoms with E-state index in [1.165, 1.54) is 5.56 Å². The van der Waals surface area contributed by atoms with Gasteiger partial charge in [0.2, 0.25) is 0 Å². The Labute approximate surface area is 106 Å². The van der Waals surface area contributed by atoms with E-state index in [0.717, 1.165) is 16.5 Å². The zero-order valence-electron chi connectivity index (χ0n) is 9.66. The van der Waals surface area contributed by atoms with Crippen molar-refractivity contribution in [3.63, 3.8) is 0 Å². The smallest absolute Gasteiger partial charge is 0.0545 e. The van der Waals surface area contributed by atoms with E-state index in [4.69, 9.17) is 16.7 Å². The third-order valence-corrected chi connectivity index (χ3v) is 3.54. The second-order valence-electron chi connectivity index (χ2n) is 3.87. The Morgan fingerprint density at radius 1 is 1.44 bits per heavy atom. The Morgan fingerprint density at radius 2 is 2.19 bits per heavy atom. The maximum atomic E-state index is 8.74. The Kier molecular flexibility index (Phi) is 6.21. The first-order valence-electron chi connectivity index (χ1n) is 5.39. The molecular weight excluding hydrogens is 242 g/mol. The third kappa shape index (κ3) is 4.74. The van der Waals surface area contributed by atoms with Crippen molar-refractivity contribution in [3.8, 4) is 0 Å². The number of thioether (sulfide) groups is 1. The van der Waals surface area contributed by atoms with Crippen LogP contribution >= 0.6 is 23.4 Å². The molecule has 0 spiro atoms. The van der Waals surface area contributed by atoms with Crippen LogP contribution in [0.5, 0.6) is 0 Å². The van der Waals surface area contributed by atoms with Crippen molar-refractivity contribution in [1.29, 1.82) is 0 Å². The first-order valence-corrected chi connectivity index (χ1v) is 6.75. The van der Waals surface area contributed by atoms with E-state index < -0.39 is 0 Å². The average molecular weight is 260 g/mol. The van der Waals surface area contributed by atoms with E-state index in [-0.39, 0.29) is 6.61 Å². The van der Waals surface area contributed by atoms with Crippen LogP contribution in [0, 0.1) is 0 Å². The number of aliphatic hydroxyl groups is 1. The molecule has 0 aliphatic rings. The molecule has 0 heterocycles. The average Bonchev–Trinajstić information content (AvgIpc) is 2.25. The molecule has 0 aliphatic carbocycles. The van der Waals surface area contributed by atoms with Gasteiger partial charge in [-0.1, -0.05) is 31.5 Å². The molecule has 0 radical (unpaired) electrons. The molecule has 1 rings (SSSR count). The van der Waals surface area contributed by atoms with Crippen molar-refractivity contribution in [2.75, 3.05) is 12.4 Å². The normalized spacial score (nSPS) is 11.1. The Bertz CT molecular complexity index is 331. The molecule has 0 saturated carbocycles. The topological polar surface area (TPSA) is 32.3 Å². The SMILES string of the molecule is CC(C)NCc1ccc(SCCO)c(Cl)c1. The predicted octanol–water partition coefficient (Wildman–Crippen LogP) is 2.92. The Morgan fingerprint density at radius 3 is 2.75 bits per heavy atom. The lowest BCUT2D eigenvalue weighted by atomic mass is 10.2. The van der Waals surface area contributed by atoms with Crippen molar-refractivity contribution in [2.45, 2.75) is 31.3 Å². The van der Waals surface area contributed by atoms with Gasteiger partial charge in [0.25, 0.3) is 0 Å². The van der Waals surface area contributed by atoms with Gasteiger partial charge in [-0.15, -0.1) is 11.8 Å². The van der Waals surface area contributed by atoms with Crippen LogP contribution in [-0.2, 0) is 6.54 Å². The van der Waals surface area contributed by atoms with Crippen LogP contribution < -0.4 is 5.32 Å². The number of hydrogen-bond acceptors (Lipinski definition) is 3. The summed E-state index contributed by atoms with van der Waals surface area (Å²) in [6.45, 7) is 5.25. The van der Waals surface area contributed by atoms with Crippen molar-refractivity contribution in [2.24, 2.45) is 0 Å². The minimum atomic E-state index is 0.178. The van der Waals surface area contributed by atoms with Gasteiger partial charge < -0.3 is 10.4 Å². The standard InChI is InChI=1S/C12H18ClNOS/c1-9(2)14-8-10-3-4-12(11(13)7-10)16-6-5-15/h3-4,7,9,14-15H,5-6,8H2,1-2H3. The van der Waals surface area contributed by atoms with Gasteiger partial charge >= 0.3 is 0 Å². The molecule has 0 aliphatic heterocycles. The summed E-state index contributed by atoms with van der Waals surface area (Å²) in [6, 6.07) is 6.54. The maximum absolute atomic E-state index is 8.74. The number of aliphatic hydroxyl groups excluding tert-OH is 1. The van der Waals surface area contributed by atoms with Crippen LogP contribution in [0.25, 0.3) is 0 Å². The van der Waals surface area contributed by atoms with Crippen molar-refractivity contribution in [3.05, 3.63) is 28.8 Å². The molecule has 0 amide bonds. The molecule has 0 atom stereocenters. The maximum Gasteiger partial charge on any atom is 0.0545 e. The summed E-state index contributed by atoms with van der Waals surface area (Å²) in [5, 5.41) is 12.9. The van der Waals surface area contributed by atoms with E-state index in [0.29, 0.717) is 11.8 Å². The summed E-state index contributed by atoms with van der Waals surface area (Å²) in [5.41, 5.74) is 1.19. The largest absolute Gasteiger partial charge is 0.396 e. The second kappa shape index (κ2) is 7.17. The molecule has 0 unspecified atom stereocenters. The minimum absolute atomic E-state index is 0.178. The molecule has 0 saturated heterocycles. The van der Waals surface area contributed by atoms with Crippen molar-refractivity contribution >= 4 is 23.4 Å². The fourth-order valence-corrected chi connectivity index (χ4v) is 2.29. The Balaban J connectivity index is 2.59. The summed E-state index contributed by atoms with van der Waals surface area (Å²) in [5.74, 6) is 0.684. The lowest BCUT2D eigenvalue weighted by molar-refractivity contribution is 0.322. The quantitative estimate of drug-likeness (QED) is 0.771. The molecular formula is C12H18ClNOS. The zero-order chi connectivity index (χ0) is 12.0. The van der Waals surface area contributed by atoms with Crippen LogP contribution in [0.3, 0.4) is 0 Å². The number of benzene rings is 1. The van der Waals surface area contributed by atoms with Crippen LogP contribution in [0.15, 0.2) is 23.1 Å². The third-order valence-electron chi connectivity index (χ3n) is 2.06. The Hall–Kier alpha value is -0.220. The monoisotopic (exact) mass is 259 g/mol. The highest BCUT2D eigenvalue weighted by atomic mass is 35.5. The molecule has 16 heavy (non-hydrogen) atoms. The predicted molar refractivity (Wildman–Crippen MR) is 71.2 cm³/mol. The van der Waals surface area contributed by atoms with Gasteiger partial charge in [-0.05, 0) is 17.7 Å². The van der Waals surface area contributed by atoms with Gasteiger partial charge in [0.15, 0.2) is 0 Å². The van der Waals surface area contributed by atoms with Crippen LogP contribution in [-0.4, -0.2) is 23.5 Å². The van der Waals surface area contributed by atoms with Gasteiger partial charge in [-0.2, -0.15) is 0 Å². The van der Waals surface area contributed by atoms with Gasteiger partial charge in [0, 0.05) is 23.2 Å². The lowest BCUT2D eigenvalue weighted by Gasteiger charge is -2.10. The number of nitrogens with one attached hydrogen (secondary N) is 1. The molecule has 2 N–H and O–H groups in total. The van der Waals surface area contributed by atoms with Gasteiger partial charge in [0.1, 0.15) is 0 Å². The van der Waals surface area contributed by atoms with Crippen molar-refractivity contribution < 1.29 is 5.11 Å². The van der Waals surface area contributed by atoms with Gasteiger partial charge in [0.05, 0.1) is 11.6 Å². The van der Waals surface area contributed by atoms with Crippen molar-refractivity contribution in [1.82, 2.24) is 5.32 Å². The summed E-state index contributed by atoms with van der Waals surface area (Å²) >= 11 is 7.73. The molecule has 0 bridgehead atoms. The van der Waals surface area contributed by atoms with Crippen LogP contribution in [0.4, 0.5) is 0 Å². The second-order valence-corrected chi connectivity index (χ2v) is 5.42. The van der Waals surface area contributed by atoms with E-state index in [1.807, 2.05) is 12.1 Å². The van der Waals surface area contributed by atoms with Crippen LogP contribution in [0.2, 0.25) is 5.02 Å². The molecule has 1 aromatic carbocycles. The summed E-state index contributed by atoms with van der Waals surface area (Å²) in [6.07, 6.45) is 0. The number of halogens is 1. The fourth-order valence-electron chi connectivity index (χ4n) is 1.25. The number of hydrogen-bond donors (Lipinski definition) is 2. The number of rotatable bonds is 6. The van der Waals surface area contributed by atoms with Gasteiger partial charge in [-0.25, -0.2) is 0 Å².